The molecule has 1 aromatic rings. The highest BCUT2D eigenvalue weighted by Gasteiger charge is 2.36. The van der Waals surface area contributed by atoms with E-state index in [4.69, 9.17) is 4.74 Å². The Morgan fingerprint density at radius 2 is 1.63 bits per heavy atom. The van der Waals surface area contributed by atoms with Gasteiger partial charge in [-0.25, -0.2) is 0 Å². The summed E-state index contributed by atoms with van der Waals surface area (Å²) in [5.41, 5.74) is 1.16. The van der Waals surface area contributed by atoms with Gasteiger partial charge in [0, 0.05) is 57.1 Å². The number of hydrogen-bond acceptors (Lipinski definition) is 5. The van der Waals surface area contributed by atoms with E-state index in [-0.39, 0.29) is 23.7 Å². The second-order valence-electron chi connectivity index (χ2n) is 7.84. The number of H-pyrrole nitrogens is 1. The minimum Gasteiger partial charge on any atom is -0.378 e. The van der Waals surface area contributed by atoms with Gasteiger partial charge in [-0.2, -0.15) is 5.10 Å². The van der Waals surface area contributed by atoms with Gasteiger partial charge in [0.2, 0.25) is 11.8 Å². The van der Waals surface area contributed by atoms with Crippen LogP contribution in [-0.4, -0.2) is 84.3 Å². The van der Waals surface area contributed by atoms with Gasteiger partial charge in [-0.3, -0.25) is 14.7 Å². The first kappa shape index (κ1) is 18.4. The Morgan fingerprint density at radius 1 is 1.00 bits per heavy atom. The van der Waals surface area contributed by atoms with E-state index in [9.17, 15) is 9.59 Å². The predicted octanol–water partition coefficient (Wildman–Crippen LogP) is 0.200. The Bertz CT molecular complexity index is 636. The SMILES string of the molecule is O=C([C@@H]1CNC[C@H](C(=O)N2CCC(c3ccn[nH]3)CC2)C1)N1CCOCC1. The van der Waals surface area contributed by atoms with Gasteiger partial charge >= 0.3 is 0 Å². The molecule has 148 valence electrons. The van der Waals surface area contributed by atoms with Crippen molar-refractivity contribution in [2.45, 2.75) is 25.2 Å². The summed E-state index contributed by atoms with van der Waals surface area (Å²) >= 11 is 0. The van der Waals surface area contributed by atoms with Crippen molar-refractivity contribution in [3.63, 3.8) is 0 Å². The van der Waals surface area contributed by atoms with Crippen LogP contribution in [0.4, 0.5) is 0 Å². The molecule has 2 amide bonds. The highest BCUT2D eigenvalue weighted by atomic mass is 16.5. The molecule has 3 aliphatic rings. The number of nitrogens with zero attached hydrogens (tertiary/aromatic N) is 3. The number of aromatic amines is 1. The summed E-state index contributed by atoms with van der Waals surface area (Å²) in [4.78, 5) is 29.7. The van der Waals surface area contributed by atoms with E-state index in [1.807, 2.05) is 15.9 Å². The van der Waals surface area contributed by atoms with Crippen LogP contribution in [0.25, 0.3) is 0 Å². The lowest BCUT2D eigenvalue weighted by molar-refractivity contribution is -0.143. The summed E-state index contributed by atoms with van der Waals surface area (Å²) in [6.07, 6.45) is 4.36. The van der Waals surface area contributed by atoms with Crippen LogP contribution in [0, 0.1) is 11.8 Å². The molecule has 4 rings (SSSR count). The topological polar surface area (TPSA) is 90.6 Å². The van der Waals surface area contributed by atoms with Crippen molar-refractivity contribution >= 4 is 11.8 Å². The van der Waals surface area contributed by atoms with Gasteiger partial charge in [0.1, 0.15) is 0 Å². The quantitative estimate of drug-likeness (QED) is 0.788. The Labute approximate surface area is 159 Å². The summed E-state index contributed by atoms with van der Waals surface area (Å²) in [7, 11) is 0. The fourth-order valence-electron chi connectivity index (χ4n) is 4.52. The van der Waals surface area contributed by atoms with E-state index >= 15 is 0 Å². The van der Waals surface area contributed by atoms with Crippen LogP contribution in [0.2, 0.25) is 0 Å². The number of ether oxygens (including phenoxy) is 1. The molecule has 27 heavy (non-hydrogen) atoms. The molecule has 2 N–H and O–H groups in total. The molecule has 3 aliphatic heterocycles. The minimum absolute atomic E-state index is 0.0996. The largest absolute Gasteiger partial charge is 0.378 e. The zero-order valence-electron chi connectivity index (χ0n) is 15.7. The standard InChI is InChI=1S/C19H29N5O3/c25-18(23-5-2-14(3-6-23)17-1-4-21-22-17)15-11-16(13-20-12-15)19(26)24-7-9-27-10-8-24/h1,4,14-16,20H,2-3,5-13H2,(H,21,22)/t15-,16+/m1/s1. The van der Waals surface area contributed by atoms with Crippen LogP contribution >= 0.6 is 0 Å². The van der Waals surface area contributed by atoms with Crippen LogP contribution in [0.1, 0.15) is 30.9 Å². The zero-order chi connectivity index (χ0) is 18.6. The Kier molecular flexibility index (Phi) is 5.73. The average molecular weight is 375 g/mol. The first-order chi connectivity index (χ1) is 13.2. The van der Waals surface area contributed by atoms with E-state index in [0.29, 0.717) is 51.7 Å². The number of aromatic nitrogens is 2. The molecule has 8 heteroatoms. The molecule has 0 saturated carbocycles. The molecule has 2 atom stereocenters. The number of nitrogens with one attached hydrogen (secondary N) is 2. The lowest BCUT2D eigenvalue weighted by Gasteiger charge is -2.38. The van der Waals surface area contributed by atoms with Gasteiger partial charge in [0.05, 0.1) is 25.0 Å². The summed E-state index contributed by atoms with van der Waals surface area (Å²) in [5, 5.41) is 10.4. The van der Waals surface area contributed by atoms with E-state index in [0.717, 1.165) is 31.6 Å². The summed E-state index contributed by atoms with van der Waals surface area (Å²) in [6.45, 7) is 5.44. The third-order valence-electron chi connectivity index (χ3n) is 6.14. The first-order valence-corrected chi connectivity index (χ1v) is 10.1. The van der Waals surface area contributed by atoms with Crippen molar-refractivity contribution in [3.05, 3.63) is 18.0 Å². The molecular formula is C19H29N5O3. The molecule has 0 aliphatic carbocycles. The van der Waals surface area contributed by atoms with Crippen LogP contribution in [0.3, 0.4) is 0 Å². The minimum atomic E-state index is -0.103. The molecule has 0 spiro atoms. The van der Waals surface area contributed by atoms with Crippen molar-refractivity contribution in [3.8, 4) is 0 Å². The third kappa shape index (κ3) is 4.16. The summed E-state index contributed by atoms with van der Waals surface area (Å²) in [5.74, 6) is 0.619. The summed E-state index contributed by atoms with van der Waals surface area (Å²) < 4.78 is 5.33. The second-order valence-corrected chi connectivity index (χ2v) is 7.84. The number of hydrogen-bond donors (Lipinski definition) is 2. The average Bonchev–Trinajstić information content (AvgIpc) is 3.28. The van der Waals surface area contributed by atoms with E-state index < -0.39 is 0 Å². The van der Waals surface area contributed by atoms with Crippen molar-refractivity contribution in [2.75, 3.05) is 52.5 Å². The fourth-order valence-corrected chi connectivity index (χ4v) is 4.52. The molecular weight excluding hydrogens is 346 g/mol. The number of piperidine rings is 2. The fraction of sp³-hybridized carbons (Fsp3) is 0.737. The number of carbonyl (C=O) groups excluding carboxylic acids is 2. The van der Waals surface area contributed by atoms with Crippen LogP contribution in [0.15, 0.2) is 12.3 Å². The van der Waals surface area contributed by atoms with E-state index in [1.165, 1.54) is 0 Å². The van der Waals surface area contributed by atoms with Crippen molar-refractivity contribution in [2.24, 2.45) is 11.8 Å². The number of likely N-dealkylation sites (tertiary alicyclic amines) is 1. The van der Waals surface area contributed by atoms with Crippen LogP contribution in [-0.2, 0) is 14.3 Å². The molecule has 3 fully saturated rings. The zero-order valence-corrected chi connectivity index (χ0v) is 15.7. The molecule has 1 aromatic heterocycles. The second kappa shape index (κ2) is 8.39. The molecule has 8 nitrogen and oxygen atoms in total. The van der Waals surface area contributed by atoms with Gasteiger partial charge < -0.3 is 19.9 Å². The number of morpholine rings is 1. The molecule has 0 unspecified atom stereocenters. The van der Waals surface area contributed by atoms with Gasteiger partial charge in [-0.1, -0.05) is 0 Å². The molecule has 0 radical (unpaired) electrons. The Hall–Kier alpha value is -1.93. The van der Waals surface area contributed by atoms with Crippen molar-refractivity contribution < 1.29 is 14.3 Å². The number of carbonyl (C=O) groups is 2. The molecule has 0 aromatic carbocycles. The number of amides is 2. The van der Waals surface area contributed by atoms with Crippen LogP contribution in [0.5, 0.6) is 0 Å². The lowest BCUT2D eigenvalue weighted by atomic mass is 9.87. The molecule has 0 bridgehead atoms. The van der Waals surface area contributed by atoms with Gasteiger partial charge in [-0.15, -0.1) is 0 Å². The van der Waals surface area contributed by atoms with Crippen molar-refractivity contribution in [1.82, 2.24) is 25.3 Å². The third-order valence-corrected chi connectivity index (χ3v) is 6.14. The summed E-state index contributed by atoms with van der Waals surface area (Å²) in [6, 6.07) is 2.02. The highest BCUT2D eigenvalue weighted by Crippen LogP contribution is 2.28. The Balaban J connectivity index is 1.30. The maximum Gasteiger partial charge on any atom is 0.227 e. The monoisotopic (exact) mass is 375 g/mol. The highest BCUT2D eigenvalue weighted by molar-refractivity contribution is 5.83. The maximum absolute atomic E-state index is 13.0. The predicted molar refractivity (Wildman–Crippen MR) is 99.0 cm³/mol. The van der Waals surface area contributed by atoms with Crippen LogP contribution < -0.4 is 5.32 Å². The maximum atomic E-state index is 13.0. The smallest absolute Gasteiger partial charge is 0.227 e. The van der Waals surface area contributed by atoms with Gasteiger partial charge in [-0.05, 0) is 25.3 Å². The molecule has 3 saturated heterocycles. The Morgan fingerprint density at radius 3 is 2.22 bits per heavy atom. The first-order valence-electron chi connectivity index (χ1n) is 10.1. The van der Waals surface area contributed by atoms with Crippen molar-refractivity contribution in [1.29, 1.82) is 0 Å². The van der Waals surface area contributed by atoms with Gasteiger partial charge in [0.15, 0.2) is 0 Å². The normalized spacial score (nSPS) is 27.6. The van der Waals surface area contributed by atoms with E-state index in [1.54, 1.807) is 6.20 Å². The lowest BCUT2D eigenvalue weighted by Crippen LogP contribution is -2.52. The number of rotatable bonds is 3. The van der Waals surface area contributed by atoms with Gasteiger partial charge in [0.25, 0.3) is 0 Å². The van der Waals surface area contributed by atoms with E-state index in [2.05, 4.69) is 15.5 Å². The molecule has 4 heterocycles.